The minimum atomic E-state index is 0.803. The summed E-state index contributed by atoms with van der Waals surface area (Å²) in [5, 5.41) is 4.28. The molecule has 0 bridgehead atoms. The molecule has 88 valence electrons. The highest BCUT2D eigenvalue weighted by Gasteiger charge is 2.29. The Morgan fingerprint density at radius 1 is 1.56 bits per heavy atom. The molecule has 0 amide bonds. The number of rotatable bonds is 4. The summed E-state index contributed by atoms with van der Waals surface area (Å²) in [5.41, 5.74) is 4.10. The van der Waals surface area contributed by atoms with Crippen molar-refractivity contribution in [1.82, 2.24) is 9.78 Å². The van der Waals surface area contributed by atoms with Crippen LogP contribution in [-0.2, 0) is 13.5 Å². The van der Waals surface area contributed by atoms with Crippen LogP contribution in [0.5, 0.6) is 0 Å². The zero-order valence-corrected chi connectivity index (χ0v) is 10.7. The molecule has 1 aromatic heterocycles. The number of aryl methyl sites for hydroxylation is 2. The van der Waals surface area contributed by atoms with Gasteiger partial charge in [-0.05, 0) is 56.9 Å². The normalized spacial score (nSPS) is 24.2. The Labute approximate surface area is 98.4 Å². The molecule has 0 unspecified atom stereocenters. The summed E-state index contributed by atoms with van der Waals surface area (Å²) in [6.07, 6.45) is 7.16. The first kappa shape index (κ1) is 11.4. The topological polar surface area (TPSA) is 17.8 Å². The molecule has 2 rings (SSSR count). The molecule has 1 aromatic rings. The van der Waals surface area contributed by atoms with Crippen molar-refractivity contribution in [3.05, 3.63) is 29.6 Å². The first-order valence-corrected chi connectivity index (χ1v) is 6.20. The van der Waals surface area contributed by atoms with E-state index in [9.17, 15) is 0 Å². The van der Waals surface area contributed by atoms with Crippen LogP contribution in [0.4, 0.5) is 0 Å². The van der Waals surface area contributed by atoms with E-state index in [0.29, 0.717) is 0 Å². The molecule has 0 aliphatic heterocycles. The van der Waals surface area contributed by atoms with Gasteiger partial charge in [-0.3, -0.25) is 4.68 Å². The third-order valence-electron chi connectivity index (χ3n) is 3.99. The largest absolute Gasteiger partial charge is 0.272 e. The fourth-order valence-corrected chi connectivity index (χ4v) is 2.65. The van der Waals surface area contributed by atoms with Crippen molar-refractivity contribution in [1.29, 1.82) is 0 Å². The van der Waals surface area contributed by atoms with Crippen molar-refractivity contribution < 1.29 is 0 Å². The van der Waals surface area contributed by atoms with Crippen LogP contribution in [0.2, 0.25) is 0 Å². The van der Waals surface area contributed by atoms with Crippen LogP contribution >= 0.6 is 0 Å². The number of aromatic nitrogens is 2. The van der Waals surface area contributed by atoms with Gasteiger partial charge in [-0.1, -0.05) is 12.2 Å². The van der Waals surface area contributed by atoms with Crippen LogP contribution in [-0.4, -0.2) is 9.78 Å². The molecule has 2 nitrogen and oxygen atoms in total. The van der Waals surface area contributed by atoms with E-state index in [2.05, 4.69) is 25.5 Å². The van der Waals surface area contributed by atoms with Crippen molar-refractivity contribution >= 4 is 0 Å². The molecular weight excluding hydrogens is 196 g/mol. The molecule has 0 atom stereocenters. The monoisotopic (exact) mass is 218 g/mol. The molecular formula is C14H22N2. The van der Waals surface area contributed by atoms with Gasteiger partial charge in [-0.25, -0.2) is 0 Å². The van der Waals surface area contributed by atoms with Gasteiger partial charge >= 0.3 is 0 Å². The van der Waals surface area contributed by atoms with Crippen molar-refractivity contribution in [2.24, 2.45) is 18.9 Å². The van der Waals surface area contributed by atoms with Gasteiger partial charge < -0.3 is 0 Å². The Morgan fingerprint density at radius 3 is 2.75 bits per heavy atom. The Morgan fingerprint density at radius 2 is 2.25 bits per heavy atom. The van der Waals surface area contributed by atoms with E-state index in [4.69, 9.17) is 0 Å². The molecule has 16 heavy (non-hydrogen) atoms. The minimum Gasteiger partial charge on any atom is -0.272 e. The zero-order valence-electron chi connectivity index (χ0n) is 10.7. The van der Waals surface area contributed by atoms with Crippen LogP contribution in [0, 0.1) is 18.8 Å². The standard InChI is InChI=1S/C14H22N2/c1-10(2)13-7-12(8-13)5-6-14-11(3)9-15-16(14)4/h9,12-13H,1,5-8H2,2-4H3. The first-order chi connectivity index (χ1) is 7.58. The lowest BCUT2D eigenvalue weighted by molar-refractivity contribution is 0.214. The van der Waals surface area contributed by atoms with E-state index < -0.39 is 0 Å². The Kier molecular flexibility index (Phi) is 3.17. The summed E-state index contributed by atoms with van der Waals surface area (Å²) in [6, 6.07) is 0. The van der Waals surface area contributed by atoms with Crippen molar-refractivity contribution in [2.75, 3.05) is 0 Å². The highest BCUT2D eigenvalue weighted by molar-refractivity contribution is 5.15. The zero-order chi connectivity index (χ0) is 11.7. The second kappa shape index (κ2) is 4.44. The number of hydrogen-bond donors (Lipinski definition) is 0. The van der Waals surface area contributed by atoms with Crippen molar-refractivity contribution in [3.63, 3.8) is 0 Å². The Bertz CT molecular complexity index is 364. The SMILES string of the molecule is C=C(C)C1CC(CCc2c(C)cnn2C)C1. The molecule has 1 fully saturated rings. The molecule has 0 aromatic carbocycles. The van der Waals surface area contributed by atoms with Gasteiger partial charge in [0.25, 0.3) is 0 Å². The molecule has 0 saturated heterocycles. The van der Waals surface area contributed by atoms with E-state index in [0.717, 1.165) is 11.8 Å². The molecule has 1 aliphatic rings. The third-order valence-corrected chi connectivity index (χ3v) is 3.99. The highest BCUT2D eigenvalue weighted by Crippen LogP contribution is 2.40. The van der Waals surface area contributed by atoms with Gasteiger partial charge in [0.1, 0.15) is 0 Å². The summed E-state index contributed by atoms with van der Waals surface area (Å²) in [6.45, 7) is 8.35. The smallest absolute Gasteiger partial charge is 0.0521 e. The predicted octanol–water partition coefficient (Wildman–Crippen LogP) is 3.26. The highest BCUT2D eigenvalue weighted by atomic mass is 15.3. The fraction of sp³-hybridized carbons (Fsp3) is 0.643. The van der Waals surface area contributed by atoms with Crippen LogP contribution in [0.1, 0.15) is 37.4 Å². The summed E-state index contributed by atoms with van der Waals surface area (Å²) in [4.78, 5) is 0. The molecule has 0 spiro atoms. The lowest BCUT2D eigenvalue weighted by atomic mass is 9.70. The molecule has 1 aliphatic carbocycles. The van der Waals surface area contributed by atoms with E-state index >= 15 is 0 Å². The average molecular weight is 218 g/mol. The third kappa shape index (κ3) is 2.21. The molecule has 0 radical (unpaired) electrons. The average Bonchev–Trinajstić information content (AvgIpc) is 2.45. The maximum atomic E-state index is 4.28. The quantitative estimate of drug-likeness (QED) is 0.709. The Hall–Kier alpha value is -1.05. The van der Waals surface area contributed by atoms with Gasteiger partial charge in [-0.2, -0.15) is 5.10 Å². The van der Waals surface area contributed by atoms with Gasteiger partial charge in [0, 0.05) is 12.7 Å². The van der Waals surface area contributed by atoms with Crippen LogP contribution in [0.3, 0.4) is 0 Å². The minimum absolute atomic E-state index is 0.803. The fourth-order valence-electron chi connectivity index (χ4n) is 2.65. The van der Waals surface area contributed by atoms with E-state index in [1.165, 1.54) is 42.5 Å². The number of nitrogens with zero attached hydrogens (tertiary/aromatic N) is 2. The molecule has 2 heteroatoms. The van der Waals surface area contributed by atoms with Crippen LogP contribution in [0.25, 0.3) is 0 Å². The predicted molar refractivity (Wildman–Crippen MR) is 67.3 cm³/mol. The first-order valence-electron chi connectivity index (χ1n) is 6.20. The maximum Gasteiger partial charge on any atom is 0.0521 e. The van der Waals surface area contributed by atoms with E-state index in [1.54, 1.807) is 0 Å². The van der Waals surface area contributed by atoms with Gasteiger partial charge in [-0.15, -0.1) is 0 Å². The summed E-state index contributed by atoms with van der Waals surface area (Å²) in [7, 11) is 2.04. The Balaban J connectivity index is 1.80. The summed E-state index contributed by atoms with van der Waals surface area (Å²) in [5.74, 6) is 1.72. The van der Waals surface area contributed by atoms with Crippen molar-refractivity contribution in [2.45, 2.75) is 39.5 Å². The van der Waals surface area contributed by atoms with Crippen molar-refractivity contribution in [3.8, 4) is 0 Å². The summed E-state index contributed by atoms with van der Waals surface area (Å²) >= 11 is 0. The van der Waals surface area contributed by atoms with Gasteiger partial charge in [0.05, 0.1) is 6.20 Å². The number of hydrogen-bond acceptors (Lipinski definition) is 1. The summed E-state index contributed by atoms with van der Waals surface area (Å²) < 4.78 is 2.02. The molecule has 1 saturated carbocycles. The molecule has 0 N–H and O–H groups in total. The number of allylic oxidation sites excluding steroid dienone is 1. The van der Waals surface area contributed by atoms with Crippen LogP contribution < -0.4 is 0 Å². The van der Waals surface area contributed by atoms with E-state index in [-0.39, 0.29) is 0 Å². The second-order valence-electron chi connectivity index (χ2n) is 5.32. The van der Waals surface area contributed by atoms with Gasteiger partial charge in [0.2, 0.25) is 0 Å². The lowest BCUT2D eigenvalue weighted by Gasteiger charge is -2.36. The van der Waals surface area contributed by atoms with Gasteiger partial charge in [0.15, 0.2) is 0 Å². The molecule has 1 heterocycles. The maximum absolute atomic E-state index is 4.28. The van der Waals surface area contributed by atoms with E-state index in [1.807, 2.05) is 17.9 Å². The second-order valence-corrected chi connectivity index (χ2v) is 5.32. The lowest BCUT2D eigenvalue weighted by Crippen LogP contribution is -2.24. The van der Waals surface area contributed by atoms with Crippen LogP contribution in [0.15, 0.2) is 18.3 Å².